The number of para-hydroxylation sites is 1. The van der Waals surface area contributed by atoms with E-state index < -0.39 is 11.6 Å². The van der Waals surface area contributed by atoms with Crippen molar-refractivity contribution in [3.63, 3.8) is 0 Å². The minimum atomic E-state index is -0.700. The van der Waals surface area contributed by atoms with Crippen molar-refractivity contribution < 1.29 is 18.3 Å². The molecule has 5 nitrogen and oxygen atoms in total. The van der Waals surface area contributed by atoms with Gasteiger partial charge in [-0.3, -0.25) is 0 Å². The predicted octanol–water partition coefficient (Wildman–Crippen LogP) is 3.42. The van der Waals surface area contributed by atoms with Crippen molar-refractivity contribution in [3.8, 4) is 11.5 Å². The summed E-state index contributed by atoms with van der Waals surface area (Å²) >= 11 is 0. The van der Waals surface area contributed by atoms with Gasteiger partial charge in [0.05, 0.1) is 5.52 Å². The average Bonchev–Trinajstić information content (AvgIpc) is 2.56. The van der Waals surface area contributed by atoms with Gasteiger partial charge in [0.15, 0.2) is 11.5 Å². The first-order valence-corrected chi connectivity index (χ1v) is 6.98. The fourth-order valence-corrected chi connectivity index (χ4v) is 2.43. The van der Waals surface area contributed by atoms with Crippen molar-refractivity contribution in [2.24, 2.45) is 0 Å². The molecule has 0 unspecified atom stereocenters. The molecule has 0 aliphatic carbocycles. The molecule has 7 heteroatoms. The van der Waals surface area contributed by atoms with Crippen LogP contribution in [-0.2, 0) is 0 Å². The Balaban J connectivity index is 1.84. The van der Waals surface area contributed by atoms with Crippen molar-refractivity contribution in [1.29, 1.82) is 0 Å². The van der Waals surface area contributed by atoms with Crippen LogP contribution in [0.2, 0.25) is 0 Å². The fraction of sp³-hybridized carbons (Fsp3) is 0.125. The maximum atomic E-state index is 13.8. The van der Waals surface area contributed by atoms with Gasteiger partial charge in [0, 0.05) is 11.5 Å². The second-order valence-corrected chi connectivity index (χ2v) is 4.96. The summed E-state index contributed by atoms with van der Waals surface area (Å²) in [7, 11) is 0. The Labute approximate surface area is 129 Å². The van der Waals surface area contributed by atoms with Gasteiger partial charge in [0.2, 0.25) is 0 Å². The monoisotopic (exact) mass is 315 g/mol. The maximum absolute atomic E-state index is 13.8. The molecule has 0 fully saturated rings. The summed E-state index contributed by atoms with van der Waals surface area (Å²) in [4.78, 5) is 8.24. The Morgan fingerprint density at radius 2 is 1.65 bits per heavy atom. The number of fused-ring (bicyclic) bond motifs is 2. The molecule has 1 aliphatic rings. The highest BCUT2D eigenvalue weighted by atomic mass is 19.1. The second kappa shape index (κ2) is 5.35. The zero-order valence-electron chi connectivity index (χ0n) is 11.8. The van der Waals surface area contributed by atoms with Gasteiger partial charge in [-0.2, -0.15) is 0 Å². The number of benzene rings is 2. The number of anilines is 2. The highest BCUT2D eigenvalue weighted by Crippen LogP contribution is 2.36. The minimum Gasteiger partial charge on any atom is -0.486 e. The van der Waals surface area contributed by atoms with E-state index in [9.17, 15) is 8.78 Å². The molecule has 0 amide bonds. The molecule has 4 rings (SSSR count). The molecule has 2 heterocycles. The van der Waals surface area contributed by atoms with Crippen LogP contribution in [-0.4, -0.2) is 23.2 Å². The average molecular weight is 315 g/mol. The van der Waals surface area contributed by atoms with E-state index in [4.69, 9.17) is 9.47 Å². The third-order valence-electron chi connectivity index (χ3n) is 3.51. The Hall–Kier alpha value is -2.96. The molecule has 0 spiro atoms. The molecule has 0 saturated heterocycles. The smallest absolute Gasteiger partial charge is 0.163 e. The van der Waals surface area contributed by atoms with Crippen molar-refractivity contribution in [2.75, 3.05) is 18.5 Å². The molecule has 23 heavy (non-hydrogen) atoms. The summed E-state index contributed by atoms with van der Waals surface area (Å²) < 4.78 is 38.7. The second-order valence-electron chi connectivity index (χ2n) is 4.96. The fourth-order valence-electron chi connectivity index (χ4n) is 2.43. The van der Waals surface area contributed by atoms with E-state index in [1.54, 1.807) is 12.1 Å². The third-order valence-corrected chi connectivity index (χ3v) is 3.51. The van der Waals surface area contributed by atoms with Gasteiger partial charge in [0.1, 0.15) is 42.7 Å². The molecule has 0 bridgehead atoms. The van der Waals surface area contributed by atoms with E-state index >= 15 is 0 Å². The molecule has 1 aromatic heterocycles. The lowest BCUT2D eigenvalue weighted by molar-refractivity contribution is 0.172. The zero-order chi connectivity index (χ0) is 15.8. The van der Waals surface area contributed by atoms with Crippen LogP contribution in [0.4, 0.5) is 20.3 Å². The van der Waals surface area contributed by atoms with Gasteiger partial charge in [-0.05, 0) is 18.2 Å². The molecule has 0 radical (unpaired) electrons. The number of halogens is 2. The van der Waals surface area contributed by atoms with E-state index in [-0.39, 0.29) is 11.5 Å². The van der Waals surface area contributed by atoms with Gasteiger partial charge in [-0.1, -0.05) is 6.07 Å². The predicted molar refractivity (Wildman–Crippen MR) is 80.2 cm³/mol. The molecular formula is C16H11F2N3O2. The third kappa shape index (κ3) is 2.40. The number of aromatic nitrogens is 2. The van der Waals surface area contributed by atoms with E-state index in [1.807, 2.05) is 0 Å². The maximum Gasteiger partial charge on any atom is 0.163 e. The molecule has 2 aromatic carbocycles. The summed E-state index contributed by atoms with van der Waals surface area (Å²) in [6.07, 6.45) is 1.32. The Kier molecular flexibility index (Phi) is 3.18. The number of nitrogens with zero attached hydrogens (tertiary/aromatic N) is 2. The first-order chi connectivity index (χ1) is 11.2. The van der Waals surface area contributed by atoms with Crippen molar-refractivity contribution >= 4 is 22.4 Å². The topological polar surface area (TPSA) is 56.3 Å². The van der Waals surface area contributed by atoms with Crippen LogP contribution in [0.25, 0.3) is 10.9 Å². The molecular weight excluding hydrogens is 304 g/mol. The van der Waals surface area contributed by atoms with Gasteiger partial charge in [0.25, 0.3) is 0 Å². The highest BCUT2D eigenvalue weighted by molar-refractivity contribution is 5.93. The van der Waals surface area contributed by atoms with E-state index in [0.29, 0.717) is 35.6 Å². The minimum absolute atomic E-state index is 0.262. The molecule has 1 aliphatic heterocycles. The van der Waals surface area contributed by atoms with Crippen LogP contribution in [0.3, 0.4) is 0 Å². The lowest BCUT2D eigenvalue weighted by Crippen LogP contribution is -2.15. The first-order valence-electron chi connectivity index (χ1n) is 6.98. The lowest BCUT2D eigenvalue weighted by Gasteiger charge is -2.19. The molecule has 0 atom stereocenters. The molecule has 116 valence electrons. The Bertz CT molecular complexity index is 882. The normalized spacial score (nSPS) is 13.1. The quantitative estimate of drug-likeness (QED) is 0.785. The van der Waals surface area contributed by atoms with Crippen LogP contribution in [0.5, 0.6) is 11.5 Å². The molecule has 1 N–H and O–H groups in total. The number of rotatable bonds is 2. The van der Waals surface area contributed by atoms with Crippen molar-refractivity contribution in [1.82, 2.24) is 9.97 Å². The lowest BCUT2D eigenvalue weighted by atomic mass is 10.2. The number of ether oxygens (including phenoxy) is 2. The molecule has 3 aromatic rings. The summed E-state index contributed by atoms with van der Waals surface area (Å²) in [5.74, 6) is 0.0284. The summed E-state index contributed by atoms with van der Waals surface area (Å²) in [5.41, 5.74) is 0.325. The van der Waals surface area contributed by atoms with Crippen molar-refractivity contribution in [2.45, 2.75) is 0 Å². The molecule has 0 saturated carbocycles. The van der Waals surface area contributed by atoms with Crippen LogP contribution < -0.4 is 14.8 Å². The van der Waals surface area contributed by atoms with E-state index in [1.165, 1.54) is 24.5 Å². The summed E-state index contributed by atoms with van der Waals surface area (Å²) in [5, 5.41) is 3.28. The van der Waals surface area contributed by atoms with Crippen LogP contribution >= 0.6 is 0 Å². The van der Waals surface area contributed by atoms with Crippen LogP contribution in [0.15, 0.2) is 36.7 Å². The first kappa shape index (κ1) is 13.7. The van der Waals surface area contributed by atoms with Gasteiger partial charge < -0.3 is 14.8 Å². The zero-order valence-corrected chi connectivity index (χ0v) is 11.8. The highest BCUT2D eigenvalue weighted by Gasteiger charge is 2.17. The van der Waals surface area contributed by atoms with E-state index in [0.717, 1.165) is 0 Å². The van der Waals surface area contributed by atoms with Crippen LogP contribution in [0.1, 0.15) is 0 Å². The van der Waals surface area contributed by atoms with E-state index in [2.05, 4.69) is 15.3 Å². The van der Waals surface area contributed by atoms with Crippen molar-refractivity contribution in [3.05, 3.63) is 48.3 Å². The number of hydrogen-bond donors (Lipinski definition) is 1. The standard InChI is InChI=1S/C16H11F2N3O2/c17-10-2-1-3-11(18)15(10)21-16-9-6-13-14(23-5-4-22-13)7-12(9)19-8-20-16/h1-3,6-8H,4-5H2,(H,19,20,21). The summed E-state index contributed by atoms with van der Waals surface area (Å²) in [6, 6.07) is 7.07. The van der Waals surface area contributed by atoms with Gasteiger partial charge in [-0.15, -0.1) is 0 Å². The van der Waals surface area contributed by atoms with Crippen LogP contribution in [0, 0.1) is 11.6 Å². The van der Waals surface area contributed by atoms with Gasteiger partial charge in [-0.25, -0.2) is 18.7 Å². The summed E-state index contributed by atoms with van der Waals surface area (Å²) in [6.45, 7) is 0.909. The SMILES string of the molecule is Fc1cccc(F)c1Nc1ncnc2cc3c(cc12)OCCO3. The largest absolute Gasteiger partial charge is 0.486 e. The number of hydrogen-bond acceptors (Lipinski definition) is 5. The Morgan fingerprint density at radius 3 is 2.39 bits per heavy atom. The Morgan fingerprint density at radius 1 is 0.957 bits per heavy atom. The number of nitrogens with one attached hydrogen (secondary N) is 1. The van der Waals surface area contributed by atoms with Gasteiger partial charge >= 0.3 is 0 Å².